The van der Waals surface area contributed by atoms with Crippen molar-refractivity contribution in [3.63, 3.8) is 0 Å². The zero-order valence-corrected chi connectivity index (χ0v) is 12.3. The second kappa shape index (κ2) is 5.55. The molecule has 21 heavy (non-hydrogen) atoms. The number of ether oxygens (including phenoxy) is 1. The Kier molecular flexibility index (Phi) is 3.75. The molecule has 0 amide bonds. The molecular weight excluding hydrogens is 292 g/mol. The molecular formula is C13H16N4O3S. The van der Waals surface area contributed by atoms with Gasteiger partial charge >= 0.3 is 0 Å². The Balaban J connectivity index is 1.83. The molecule has 112 valence electrons. The molecule has 0 aliphatic carbocycles. The van der Waals surface area contributed by atoms with Gasteiger partial charge in [-0.15, -0.1) is 0 Å². The van der Waals surface area contributed by atoms with E-state index in [1.165, 1.54) is 18.5 Å². The third-order valence-corrected chi connectivity index (χ3v) is 4.93. The van der Waals surface area contributed by atoms with Gasteiger partial charge in [0.1, 0.15) is 16.8 Å². The SMILES string of the molecule is Cn1ccnc1[C@H]1OCC[C@@H]1NS(=O)(=O)c1cccnc1. The van der Waals surface area contributed by atoms with E-state index in [1.807, 2.05) is 17.8 Å². The number of sulfonamides is 1. The first kappa shape index (κ1) is 14.2. The first-order chi connectivity index (χ1) is 10.1. The first-order valence-corrected chi connectivity index (χ1v) is 8.07. The highest BCUT2D eigenvalue weighted by molar-refractivity contribution is 7.89. The molecule has 0 saturated carbocycles. The summed E-state index contributed by atoms with van der Waals surface area (Å²) in [4.78, 5) is 8.23. The molecule has 1 fully saturated rings. The summed E-state index contributed by atoms with van der Waals surface area (Å²) in [7, 11) is -1.75. The van der Waals surface area contributed by atoms with Crippen molar-refractivity contribution in [2.45, 2.75) is 23.5 Å². The average Bonchev–Trinajstić information content (AvgIpc) is 3.08. The van der Waals surface area contributed by atoms with Crippen LogP contribution >= 0.6 is 0 Å². The second-order valence-electron chi connectivity index (χ2n) is 4.89. The van der Waals surface area contributed by atoms with Gasteiger partial charge in [0.2, 0.25) is 10.0 Å². The van der Waals surface area contributed by atoms with Gasteiger partial charge in [0, 0.05) is 38.4 Å². The van der Waals surface area contributed by atoms with Crippen molar-refractivity contribution < 1.29 is 13.2 Å². The van der Waals surface area contributed by atoms with Gasteiger partial charge in [-0.2, -0.15) is 0 Å². The van der Waals surface area contributed by atoms with Gasteiger partial charge in [0.05, 0.1) is 6.04 Å². The smallest absolute Gasteiger partial charge is 0.242 e. The molecule has 1 saturated heterocycles. The van der Waals surface area contributed by atoms with Crippen LogP contribution in [0.5, 0.6) is 0 Å². The van der Waals surface area contributed by atoms with Crippen molar-refractivity contribution in [3.05, 3.63) is 42.7 Å². The number of aryl methyl sites for hydroxylation is 1. The van der Waals surface area contributed by atoms with E-state index in [-0.39, 0.29) is 17.0 Å². The molecule has 8 heteroatoms. The van der Waals surface area contributed by atoms with E-state index in [4.69, 9.17) is 4.74 Å². The summed E-state index contributed by atoms with van der Waals surface area (Å²) in [5, 5.41) is 0. The number of aromatic nitrogens is 3. The minimum absolute atomic E-state index is 0.149. The van der Waals surface area contributed by atoms with Crippen molar-refractivity contribution in [1.29, 1.82) is 0 Å². The molecule has 2 aromatic heterocycles. The van der Waals surface area contributed by atoms with Gasteiger partial charge in [-0.3, -0.25) is 4.98 Å². The number of imidazole rings is 1. The molecule has 1 N–H and O–H groups in total. The largest absolute Gasteiger partial charge is 0.369 e. The summed E-state index contributed by atoms with van der Waals surface area (Å²) in [5.41, 5.74) is 0. The maximum Gasteiger partial charge on any atom is 0.242 e. The van der Waals surface area contributed by atoms with Crippen LogP contribution in [-0.4, -0.2) is 35.6 Å². The van der Waals surface area contributed by atoms with Gasteiger partial charge in [0.25, 0.3) is 0 Å². The molecule has 0 spiro atoms. The lowest BCUT2D eigenvalue weighted by Gasteiger charge is -2.19. The molecule has 1 aliphatic heterocycles. The molecule has 2 aromatic rings. The zero-order chi connectivity index (χ0) is 14.9. The number of nitrogens with zero attached hydrogens (tertiary/aromatic N) is 3. The van der Waals surface area contributed by atoms with Crippen molar-refractivity contribution in [2.24, 2.45) is 7.05 Å². The standard InChI is InChI=1S/C13H16N4O3S/c1-17-7-6-15-13(17)12-11(4-8-20-12)16-21(18,19)10-3-2-5-14-9-10/h2-3,5-7,9,11-12,16H,4,8H2,1H3/t11-,12-/m0/s1. The van der Waals surface area contributed by atoms with Gasteiger partial charge in [-0.1, -0.05) is 0 Å². The van der Waals surface area contributed by atoms with Crippen LogP contribution in [0.1, 0.15) is 18.3 Å². The highest BCUT2D eigenvalue weighted by atomic mass is 32.2. The van der Waals surface area contributed by atoms with E-state index in [0.29, 0.717) is 18.9 Å². The molecule has 0 bridgehead atoms. The van der Waals surface area contributed by atoms with Crippen LogP contribution in [0.4, 0.5) is 0 Å². The highest BCUT2D eigenvalue weighted by Crippen LogP contribution is 2.28. The predicted octanol–water partition coefficient (Wildman–Crippen LogP) is 0.624. The third-order valence-electron chi connectivity index (χ3n) is 3.46. The van der Waals surface area contributed by atoms with Gasteiger partial charge < -0.3 is 9.30 Å². The second-order valence-corrected chi connectivity index (χ2v) is 6.61. The van der Waals surface area contributed by atoms with Crippen molar-refractivity contribution >= 4 is 10.0 Å². The van der Waals surface area contributed by atoms with Crippen LogP contribution < -0.4 is 4.72 Å². The van der Waals surface area contributed by atoms with Gasteiger partial charge in [-0.25, -0.2) is 18.1 Å². The van der Waals surface area contributed by atoms with Crippen LogP contribution in [-0.2, 0) is 21.8 Å². The molecule has 1 aliphatic rings. The summed E-state index contributed by atoms with van der Waals surface area (Å²) in [6.45, 7) is 0.498. The lowest BCUT2D eigenvalue weighted by molar-refractivity contribution is 0.0933. The fraction of sp³-hybridized carbons (Fsp3) is 0.385. The summed E-state index contributed by atoms with van der Waals surface area (Å²) in [6, 6.07) is 2.77. The molecule has 0 radical (unpaired) electrons. The van der Waals surface area contributed by atoms with Crippen LogP contribution in [0.2, 0.25) is 0 Å². The number of hydrogen-bond donors (Lipinski definition) is 1. The van der Waals surface area contributed by atoms with E-state index in [2.05, 4.69) is 14.7 Å². The molecule has 7 nitrogen and oxygen atoms in total. The lowest BCUT2D eigenvalue weighted by atomic mass is 10.1. The van der Waals surface area contributed by atoms with E-state index in [9.17, 15) is 8.42 Å². The minimum atomic E-state index is -3.61. The van der Waals surface area contributed by atoms with Crippen molar-refractivity contribution in [2.75, 3.05) is 6.61 Å². The van der Waals surface area contributed by atoms with Crippen LogP contribution in [0.3, 0.4) is 0 Å². The Morgan fingerprint density at radius 2 is 2.29 bits per heavy atom. The maximum absolute atomic E-state index is 12.4. The van der Waals surface area contributed by atoms with E-state index in [1.54, 1.807) is 12.3 Å². The number of pyridine rings is 1. The summed E-state index contributed by atoms with van der Waals surface area (Å²) >= 11 is 0. The van der Waals surface area contributed by atoms with Crippen LogP contribution in [0.25, 0.3) is 0 Å². The number of nitrogens with one attached hydrogen (secondary N) is 1. The van der Waals surface area contributed by atoms with Crippen molar-refractivity contribution in [1.82, 2.24) is 19.3 Å². The van der Waals surface area contributed by atoms with Crippen LogP contribution in [0, 0.1) is 0 Å². The fourth-order valence-corrected chi connectivity index (χ4v) is 3.62. The quantitative estimate of drug-likeness (QED) is 0.895. The predicted molar refractivity (Wildman–Crippen MR) is 74.9 cm³/mol. The van der Waals surface area contributed by atoms with Crippen LogP contribution in [0.15, 0.2) is 41.8 Å². The highest BCUT2D eigenvalue weighted by Gasteiger charge is 2.35. The van der Waals surface area contributed by atoms with Gasteiger partial charge in [-0.05, 0) is 18.6 Å². The first-order valence-electron chi connectivity index (χ1n) is 6.59. The van der Waals surface area contributed by atoms with Gasteiger partial charge in [0.15, 0.2) is 0 Å². The summed E-state index contributed by atoms with van der Waals surface area (Å²) < 4.78 is 34.9. The van der Waals surface area contributed by atoms with Crippen molar-refractivity contribution in [3.8, 4) is 0 Å². The Morgan fingerprint density at radius 3 is 2.95 bits per heavy atom. The summed E-state index contributed by atoms with van der Waals surface area (Å²) in [5.74, 6) is 0.714. The Hall–Kier alpha value is -1.77. The lowest BCUT2D eigenvalue weighted by Crippen LogP contribution is -2.37. The zero-order valence-electron chi connectivity index (χ0n) is 11.5. The monoisotopic (exact) mass is 308 g/mol. The Morgan fingerprint density at radius 1 is 1.43 bits per heavy atom. The maximum atomic E-state index is 12.4. The average molecular weight is 308 g/mol. The van der Waals surface area contributed by atoms with E-state index >= 15 is 0 Å². The normalized spacial score (nSPS) is 22.5. The Labute approximate surface area is 123 Å². The molecule has 3 heterocycles. The third kappa shape index (κ3) is 2.82. The van der Waals surface area contributed by atoms with E-state index < -0.39 is 10.0 Å². The molecule has 2 atom stereocenters. The topological polar surface area (TPSA) is 86.1 Å². The number of rotatable bonds is 4. The Bertz CT molecular complexity index is 714. The summed E-state index contributed by atoms with van der Waals surface area (Å²) in [6.07, 6.45) is 6.57. The molecule has 0 unspecified atom stereocenters. The minimum Gasteiger partial charge on any atom is -0.369 e. The fourth-order valence-electron chi connectivity index (χ4n) is 2.39. The number of hydrogen-bond acceptors (Lipinski definition) is 5. The molecule has 0 aromatic carbocycles. The van der Waals surface area contributed by atoms with E-state index in [0.717, 1.165) is 0 Å². The molecule has 3 rings (SSSR count).